The lowest BCUT2D eigenvalue weighted by molar-refractivity contribution is -0.132. The Labute approximate surface area is 267 Å². The minimum atomic E-state index is -0.793. The molecule has 2 unspecified atom stereocenters. The number of aliphatic hydroxyl groups is 2. The van der Waals surface area contributed by atoms with Crippen molar-refractivity contribution in [1.82, 2.24) is 20.1 Å². The first-order valence-corrected chi connectivity index (χ1v) is 16.2. The maximum Gasteiger partial charge on any atom is 0.239 e. The number of pyridine rings is 1. The van der Waals surface area contributed by atoms with Crippen LogP contribution in [0.5, 0.6) is 0 Å². The van der Waals surface area contributed by atoms with Gasteiger partial charge in [-0.1, -0.05) is 60.7 Å². The molecule has 2 aliphatic rings. The number of nitrogens with zero attached hydrogens (tertiary/aromatic N) is 3. The van der Waals surface area contributed by atoms with Gasteiger partial charge < -0.3 is 15.5 Å². The molecule has 0 bridgehead atoms. The van der Waals surface area contributed by atoms with E-state index in [1.165, 1.54) is 0 Å². The molecule has 0 spiro atoms. The number of Topliss-reactive ketones (excluding diaryl/α,β-unsaturated/α-hetero) is 1. The minimum Gasteiger partial charge on any atom is -0.392 e. The average molecular weight is 613 g/mol. The van der Waals surface area contributed by atoms with Crippen molar-refractivity contribution in [3.63, 3.8) is 0 Å². The summed E-state index contributed by atoms with van der Waals surface area (Å²) in [5.74, 6) is -0.642. The summed E-state index contributed by atoms with van der Waals surface area (Å²) in [5, 5.41) is 25.5. The van der Waals surface area contributed by atoms with Gasteiger partial charge in [0.15, 0.2) is 0 Å². The Morgan fingerprint density at radius 2 is 1.73 bits per heavy atom. The van der Waals surface area contributed by atoms with Crippen LogP contribution in [-0.4, -0.2) is 86.7 Å². The van der Waals surface area contributed by atoms with Gasteiger partial charge >= 0.3 is 0 Å². The summed E-state index contributed by atoms with van der Waals surface area (Å²) in [6.07, 6.45) is 3.85. The lowest BCUT2D eigenvalue weighted by Gasteiger charge is -2.42. The molecule has 2 heterocycles. The summed E-state index contributed by atoms with van der Waals surface area (Å²) in [5.41, 5.74) is 3.91. The average Bonchev–Trinajstić information content (AvgIpc) is 3.32. The van der Waals surface area contributed by atoms with E-state index in [4.69, 9.17) is 0 Å². The topological polar surface area (TPSA) is 106 Å². The Balaban J connectivity index is 1.29. The SMILES string of the molecule is CC(C)(C)NC(=O)C1CN(Cc2cccnc2)CCN1C[C@@H](O)C[C@@H](Cc1ccccc1)C(=O)CC1c2ccccc2C[C@H]1O. The van der Waals surface area contributed by atoms with Crippen LogP contribution >= 0.6 is 0 Å². The first-order valence-electron chi connectivity index (χ1n) is 16.2. The van der Waals surface area contributed by atoms with Crippen LogP contribution < -0.4 is 5.32 Å². The molecule has 1 aromatic heterocycles. The minimum absolute atomic E-state index is 0.0574. The largest absolute Gasteiger partial charge is 0.392 e. The summed E-state index contributed by atoms with van der Waals surface area (Å²) in [6, 6.07) is 21.4. The number of piperazine rings is 1. The molecule has 1 aliphatic heterocycles. The van der Waals surface area contributed by atoms with Gasteiger partial charge in [0, 0.05) is 68.9 Å². The van der Waals surface area contributed by atoms with E-state index in [2.05, 4.69) is 20.1 Å². The third-order valence-corrected chi connectivity index (χ3v) is 9.06. The van der Waals surface area contributed by atoms with Crippen LogP contribution in [0.15, 0.2) is 79.1 Å². The fraction of sp³-hybridized carbons (Fsp3) is 0.486. The predicted molar refractivity (Wildman–Crippen MR) is 176 cm³/mol. The third-order valence-electron chi connectivity index (χ3n) is 9.06. The zero-order chi connectivity index (χ0) is 32.0. The summed E-state index contributed by atoms with van der Waals surface area (Å²) in [6.45, 7) is 8.84. The molecule has 45 heavy (non-hydrogen) atoms. The van der Waals surface area contributed by atoms with Crippen molar-refractivity contribution in [3.05, 3.63) is 101 Å². The number of β-amino-alcohol motifs (C(OH)–C–C–N with tert-alkyl or cyclic N) is 1. The second kappa shape index (κ2) is 14.8. The first-order chi connectivity index (χ1) is 21.6. The second-order valence-corrected chi connectivity index (χ2v) is 13.9. The highest BCUT2D eigenvalue weighted by Crippen LogP contribution is 2.37. The number of aliphatic hydroxyl groups excluding tert-OH is 2. The van der Waals surface area contributed by atoms with Crippen LogP contribution in [0.3, 0.4) is 0 Å². The Hall–Kier alpha value is -3.43. The molecule has 8 nitrogen and oxygen atoms in total. The van der Waals surface area contributed by atoms with Crippen LogP contribution in [0.4, 0.5) is 0 Å². The fourth-order valence-corrected chi connectivity index (χ4v) is 6.88. The number of fused-ring (bicyclic) bond motifs is 1. The van der Waals surface area contributed by atoms with Gasteiger partial charge in [-0.3, -0.25) is 24.4 Å². The number of nitrogens with one attached hydrogen (secondary N) is 1. The molecule has 8 heteroatoms. The van der Waals surface area contributed by atoms with E-state index in [1.54, 1.807) is 6.20 Å². The molecule has 3 aromatic rings. The standard InChI is InChI=1S/C37H48N4O4/c1-37(2,3)39-36(45)33-25-40(23-27-12-9-15-38-22-27)16-17-41(33)24-30(42)19-29(18-26-10-5-4-6-11-26)34(43)21-32-31-14-8-7-13-28(31)20-35(32)44/h4-15,22,29-30,32-33,35,42,44H,16-21,23-25H2,1-3H3,(H,39,45)/t29-,30+,32?,33?,35-/m1/s1. The molecule has 1 aliphatic carbocycles. The smallest absolute Gasteiger partial charge is 0.239 e. The van der Waals surface area contributed by atoms with Crippen LogP contribution in [0.25, 0.3) is 0 Å². The molecule has 3 N–H and O–H groups in total. The van der Waals surface area contributed by atoms with Gasteiger partial charge in [0.1, 0.15) is 11.8 Å². The number of carbonyl (C=O) groups excluding carboxylic acids is 2. The highest BCUT2D eigenvalue weighted by molar-refractivity contribution is 5.83. The first kappa shape index (κ1) is 32.9. The zero-order valence-electron chi connectivity index (χ0n) is 26.8. The van der Waals surface area contributed by atoms with E-state index in [1.807, 2.05) is 93.7 Å². The van der Waals surface area contributed by atoms with Crippen molar-refractivity contribution in [2.75, 3.05) is 26.2 Å². The van der Waals surface area contributed by atoms with E-state index in [9.17, 15) is 19.8 Å². The van der Waals surface area contributed by atoms with E-state index < -0.39 is 24.2 Å². The van der Waals surface area contributed by atoms with Gasteiger partial charge in [-0.25, -0.2) is 0 Å². The molecule has 240 valence electrons. The molecule has 5 rings (SSSR count). The van der Waals surface area contributed by atoms with Crippen molar-refractivity contribution in [1.29, 1.82) is 0 Å². The van der Waals surface area contributed by atoms with Gasteiger partial charge in [0.25, 0.3) is 0 Å². The van der Waals surface area contributed by atoms with Gasteiger partial charge in [-0.15, -0.1) is 0 Å². The number of benzene rings is 2. The molecule has 2 aromatic carbocycles. The summed E-state index contributed by atoms with van der Waals surface area (Å²) in [7, 11) is 0. The number of hydrogen-bond donors (Lipinski definition) is 3. The van der Waals surface area contributed by atoms with Gasteiger partial charge in [0.05, 0.1) is 12.2 Å². The van der Waals surface area contributed by atoms with Crippen molar-refractivity contribution in [2.24, 2.45) is 5.92 Å². The number of hydrogen-bond acceptors (Lipinski definition) is 7. The third kappa shape index (κ3) is 9.07. The molecule has 1 fully saturated rings. The van der Waals surface area contributed by atoms with Crippen LogP contribution in [0.1, 0.15) is 61.8 Å². The van der Waals surface area contributed by atoms with Crippen LogP contribution in [0.2, 0.25) is 0 Å². The predicted octanol–water partition coefficient (Wildman–Crippen LogP) is 3.75. The summed E-state index contributed by atoms with van der Waals surface area (Å²) >= 11 is 0. The lowest BCUT2D eigenvalue weighted by atomic mass is 9.83. The molecular formula is C37H48N4O4. The normalized spacial score (nSPS) is 22.0. The number of amides is 1. The Kier molecular flexibility index (Phi) is 10.8. The molecule has 0 radical (unpaired) electrons. The Morgan fingerprint density at radius 3 is 2.47 bits per heavy atom. The highest BCUT2D eigenvalue weighted by atomic mass is 16.3. The van der Waals surface area contributed by atoms with Crippen molar-refractivity contribution >= 4 is 11.7 Å². The van der Waals surface area contributed by atoms with Crippen LogP contribution in [-0.2, 0) is 29.0 Å². The van der Waals surface area contributed by atoms with Crippen molar-refractivity contribution < 1.29 is 19.8 Å². The number of rotatable bonds is 12. The second-order valence-electron chi connectivity index (χ2n) is 13.9. The highest BCUT2D eigenvalue weighted by Gasteiger charge is 2.37. The van der Waals surface area contributed by atoms with E-state index >= 15 is 0 Å². The maximum atomic E-state index is 13.9. The van der Waals surface area contributed by atoms with E-state index in [0.717, 1.165) is 28.8 Å². The van der Waals surface area contributed by atoms with E-state index in [-0.39, 0.29) is 29.6 Å². The Morgan fingerprint density at radius 1 is 1.00 bits per heavy atom. The quantitative estimate of drug-likeness (QED) is 0.286. The fourth-order valence-electron chi connectivity index (χ4n) is 6.88. The molecule has 0 saturated carbocycles. The monoisotopic (exact) mass is 612 g/mol. The number of ketones is 1. The van der Waals surface area contributed by atoms with Crippen LogP contribution in [0, 0.1) is 5.92 Å². The lowest BCUT2D eigenvalue weighted by Crippen LogP contribution is -2.61. The summed E-state index contributed by atoms with van der Waals surface area (Å²) in [4.78, 5) is 36.0. The van der Waals surface area contributed by atoms with Gasteiger partial charge in [-0.2, -0.15) is 0 Å². The zero-order valence-corrected chi connectivity index (χ0v) is 26.8. The molecule has 1 amide bonds. The Bertz CT molecular complexity index is 1410. The molecule has 1 saturated heterocycles. The maximum absolute atomic E-state index is 13.9. The van der Waals surface area contributed by atoms with Gasteiger partial charge in [0.2, 0.25) is 5.91 Å². The molecular weight excluding hydrogens is 564 g/mol. The van der Waals surface area contributed by atoms with Gasteiger partial charge in [-0.05, 0) is 68.4 Å². The van der Waals surface area contributed by atoms with E-state index in [0.29, 0.717) is 45.4 Å². The summed E-state index contributed by atoms with van der Waals surface area (Å²) < 4.78 is 0. The van der Waals surface area contributed by atoms with Crippen molar-refractivity contribution in [2.45, 2.75) is 82.7 Å². The number of carbonyl (C=O) groups is 2. The molecule has 5 atom stereocenters. The van der Waals surface area contributed by atoms with Crippen molar-refractivity contribution in [3.8, 4) is 0 Å². The number of aromatic nitrogens is 1.